The number of carboxylic acids is 1. The topological polar surface area (TPSA) is 74.3 Å². The van der Waals surface area contributed by atoms with Crippen molar-refractivity contribution in [3.05, 3.63) is 114 Å². The van der Waals surface area contributed by atoms with Crippen LogP contribution in [0.1, 0.15) is 16.7 Å². The summed E-state index contributed by atoms with van der Waals surface area (Å²) in [5.74, 6) is -0.122. The maximum absolute atomic E-state index is 12.1. The van der Waals surface area contributed by atoms with E-state index in [0.717, 1.165) is 44.1 Å². The van der Waals surface area contributed by atoms with Crippen LogP contribution in [0.2, 0.25) is 0 Å². The SMILES string of the molecule is O=C(O)[C@H](Cc1c[nH]c2ccccc12)NCc1c(OCc2ccccc2)ccc2ccccc12. The zero-order valence-corrected chi connectivity index (χ0v) is 18.7. The normalized spacial score (nSPS) is 12.1. The summed E-state index contributed by atoms with van der Waals surface area (Å²) in [7, 11) is 0. The molecule has 0 spiro atoms. The lowest BCUT2D eigenvalue weighted by Crippen LogP contribution is -2.38. The van der Waals surface area contributed by atoms with Crippen LogP contribution in [0.5, 0.6) is 5.75 Å². The molecule has 0 saturated carbocycles. The molecule has 170 valence electrons. The number of hydrogen-bond donors (Lipinski definition) is 3. The van der Waals surface area contributed by atoms with E-state index >= 15 is 0 Å². The van der Waals surface area contributed by atoms with Crippen molar-refractivity contribution in [2.45, 2.75) is 25.6 Å². The van der Waals surface area contributed by atoms with E-state index in [9.17, 15) is 9.90 Å². The Morgan fingerprint density at radius 1 is 0.882 bits per heavy atom. The highest BCUT2D eigenvalue weighted by Crippen LogP contribution is 2.29. The lowest BCUT2D eigenvalue weighted by atomic mass is 10.0. The molecule has 1 atom stereocenters. The van der Waals surface area contributed by atoms with Gasteiger partial charge in [-0.25, -0.2) is 0 Å². The van der Waals surface area contributed by atoms with Gasteiger partial charge in [-0.1, -0.05) is 78.9 Å². The number of carbonyl (C=O) groups is 1. The molecule has 0 saturated heterocycles. The fourth-order valence-corrected chi connectivity index (χ4v) is 4.36. The Labute approximate surface area is 198 Å². The van der Waals surface area contributed by atoms with Crippen LogP contribution in [-0.4, -0.2) is 22.1 Å². The van der Waals surface area contributed by atoms with Crippen molar-refractivity contribution >= 4 is 27.6 Å². The number of ether oxygens (including phenoxy) is 1. The first-order valence-corrected chi connectivity index (χ1v) is 11.4. The summed E-state index contributed by atoms with van der Waals surface area (Å²) < 4.78 is 6.20. The van der Waals surface area contributed by atoms with Crippen LogP contribution >= 0.6 is 0 Å². The molecule has 0 unspecified atom stereocenters. The second-order valence-electron chi connectivity index (χ2n) is 8.37. The second kappa shape index (κ2) is 9.81. The van der Waals surface area contributed by atoms with Crippen LogP contribution in [-0.2, 0) is 24.4 Å². The summed E-state index contributed by atoms with van der Waals surface area (Å²) in [5, 5.41) is 16.4. The Hall–Kier alpha value is -4.09. The van der Waals surface area contributed by atoms with E-state index in [1.165, 1.54) is 0 Å². The molecule has 0 bridgehead atoms. The highest BCUT2D eigenvalue weighted by atomic mass is 16.5. The quantitative estimate of drug-likeness (QED) is 0.270. The van der Waals surface area contributed by atoms with Crippen LogP contribution in [0.25, 0.3) is 21.7 Å². The van der Waals surface area contributed by atoms with Crippen LogP contribution in [0.4, 0.5) is 0 Å². The van der Waals surface area contributed by atoms with E-state index in [1.54, 1.807) is 0 Å². The number of rotatable bonds is 9. The molecule has 5 aromatic rings. The van der Waals surface area contributed by atoms with Crippen LogP contribution in [0, 0.1) is 0 Å². The fourth-order valence-electron chi connectivity index (χ4n) is 4.36. The number of benzene rings is 4. The molecule has 3 N–H and O–H groups in total. The first-order valence-electron chi connectivity index (χ1n) is 11.4. The number of fused-ring (bicyclic) bond motifs is 2. The highest BCUT2D eigenvalue weighted by Gasteiger charge is 2.20. The van der Waals surface area contributed by atoms with Gasteiger partial charge in [0.15, 0.2) is 0 Å². The molecule has 5 heteroatoms. The molecule has 5 nitrogen and oxygen atoms in total. The first-order chi connectivity index (χ1) is 16.7. The maximum atomic E-state index is 12.1. The molecule has 34 heavy (non-hydrogen) atoms. The largest absolute Gasteiger partial charge is 0.489 e. The Morgan fingerprint density at radius 2 is 1.62 bits per heavy atom. The Morgan fingerprint density at radius 3 is 2.44 bits per heavy atom. The average Bonchev–Trinajstić information content (AvgIpc) is 3.28. The molecule has 1 aromatic heterocycles. The molecule has 4 aromatic carbocycles. The van der Waals surface area contributed by atoms with Crippen molar-refractivity contribution in [2.24, 2.45) is 0 Å². The van der Waals surface area contributed by atoms with Gasteiger partial charge in [0.25, 0.3) is 0 Å². The number of aliphatic carboxylic acids is 1. The van der Waals surface area contributed by atoms with E-state index < -0.39 is 12.0 Å². The molecule has 1 heterocycles. The van der Waals surface area contributed by atoms with Crippen molar-refractivity contribution in [3.8, 4) is 5.75 Å². The van der Waals surface area contributed by atoms with Gasteiger partial charge in [0.2, 0.25) is 0 Å². The molecule has 0 aliphatic heterocycles. The van der Waals surface area contributed by atoms with Gasteiger partial charge in [0.05, 0.1) is 0 Å². The number of aromatic amines is 1. The third-order valence-electron chi connectivity index (χ3n) is 6.16. The molecule has 0 radical (unpaired) electrons. The maximum Gasteiger partial charge on any atom is 0.321 e. The highest BCUT2D eigenvalue weighted by molar-refractivity contribution is 5.88. The van der Waals surface area contributed by atoms with Gasteiger partial charge in [0.1, 0.15) is 18.4 Å². The first kappa shape index (κ1) is 21.7. The third kappa shape index (κ3) is 4.65. The summed E-state index contributed by atoms with van der Waals surface area (Å²) in [6, 6.07) is 29.3. The number of hydrogen-bond acceptors (Lipinski definition) is 3. The van der Waals surface area contributed by atoms with Gasteiger partial charge in [-0.2, -0.15) is 0 Å². The Bertz CT molecular complexity index is 1430. The number of nitrogens with one attached hydrogen (secondary N) is 2. The van der Waals surface area contributed by atoms with Crippen LogP contribution in [0.3, 0.4) is 0 Å². The van der Waals surface area contributed by atoms with E-state index in [0.29, 0.717) is 19.6 Å². The second-order valence-corrected chi connectivity index (χ2v) is 8.37. The minimum absolute atomic E-state index is 0.379. The van der Waals surface area contributed by atoms with Crippen LogP contribution in [0.15, 0.2) is 97.2 Å². The fraction of sp³-hybridized carbons (Fsp3) is 0.138. The summed E-state index contributed by atoms with van der Waals surface area (Å²) in [6.45, 7) is 0.828. The zero-order chi connectivity index (χ0) is 23.3. The minimum atomic E-state index is -0.878. The summed E-state index contributed by atoms with van der Waals surface area (Å²) >= 11 is 0. The van der Waals surface area contributed by atoms with Gasteiger partial charge in [-0.05, 0) is 34.0 Å². The third-order valence-corrected chi connectivity index (χ3v) is 6.16. The van der Waals surface area contributed by atoms with E-state index in [1.807, 2.05) is 85.1 Å². The molecule has 0 amide bonds. The average molecular weight is 451 g/mol. The van der Waals surface area contributed by atoms with Crippen molar-refractivity contribution in [1.29, 1.82) is 0 Å². The van der Waals surface area contributed by atoms with Gasteiger partial charge < -0.3 is 14.8 Å². The Kier molecular flexibility index (Phi) is 6.27. The van der Waals surface area contributed by atoms with Gasteiger partial charge in [-0.3, -0.25) is 10.1 Å². The molecular formula is C29H26N2O3. The van der Waals surface area contributed by atoms with Crippen LogP contribution < -0.4 is 10.1 Å². The summed E-state index contributed by atoms with van der Waals surface area (Å²) in [5.41, 5.74) is 4.03. The van der Waals surface area contributed by atoms with Gasteiger partial charge in [-0.15, -0.1) is 0 Å². The number of aromatic nitrogens is 1. The molecule has 5 rings (SSSR count). The predicted octanol–water partition coefficient (Wildman–Crippen LogP) is 5.69. The predicted molar refractivity (Wildman–Crippen MR) is 135 cm³/mol. The number of H-pyrrole nitrogens is 1. The molecule has 0 aliphatic rings. The lowest BCUT2D eigenvalue weighted by Gasteiger charge is -2.18. The summed E-state index contributed by atoms with van der Waals surface area (Å²) in [4.78, 5) is 15.4. The lowest BCUT2D eigenvalue weighted by molar-refractivity contribution is -0.139. The van der Waals surface area contributed by atoms with E-state index in [-0.39, 0.29) is 0 Å². The number of carboxylic acid groups (broad SMARTS) is 1. The smallest absolute Gasteiger partial charge is 0.321 e. The van der Waals surface area contributed by atoms with Crippen molar-refractivity contribution in [3.63, 3.8) is 0 Å². The van der Waals surface area contributed by atoms with E-state index in [2.05, 4.69) is 22.4 Å². The molecule has 0 fully saturated rings. The number of para-hydroxylation sites is 1. The van der Waals surface area contributed by atoms with E-state index in [4.69, 9.17) is 4.74 Å². The molecular weight excluding hydrogens is 424 g/mol. The summed E-state index contributed by atoms with van der Waals surface area (Å²) in [6.07, 6.45) is 2.28. The monoisotopic (exact) mass is 450 g/mol. The van der Waals surface area contributed by atoms with Gasteiger partial charge >= 0.3 is 5.97 Å². The van der Waals surface area contributed by atoms with Gasteiger partial charge in [0, 0.05) is 35.6 Å². The minimum Gasteiger partial charge on any atom is -0.489 e. The molecule has 0 aliphatic carbocycles. The van der Waals surface area contributed by atoms with Crippen molar-refractivity contribution in [2.75, 3.05) is 0 Å². The van der Waals surface area contributed by atoms with Crippen molar-refractivity contribution < 1.29 is 14.6 Å². The van der Waals surface area contributed by atoms with Crippen molar-refractivity contribution in [1.82, 2.24) is 10.3 Å². The zero-order valence-electron chi connectivity index (χ0n) is 18.7. The Balaban J connectivity index is 1.40. The standard InChI is InChI=1S/C29H26N2O3/c32-29(33)27(16-22-17-30-26-13-7-6-12-24(22)26)31-18-25-23-11-5-4-10-21(23)14-15-28(25)34-19-20-8-2-1-3-9-20/h1-15,17,27,30-31H,16,18-19H2,(H,32,33)/t27-/m0/s1.